The molecule has 0 saturated carbocycles. The van der Waals surface area contributed by atoms with Crippen molar-refractivity contribution in [1.29, 1.82) is 0 Å². The average Bonchev–Trinajstić information content (AvgIpc) is 2.67. The Balaban J connectivity index is 2.03. The fraction of sp³-hybridized carbons (Fsp3) is 0.130. The average molecular weight is 405 g/mol. The second-order valence-corrected chi connectivity index (χ2v) is 6.45. The van der Waals surface area contributed by atoms with Crippen LogP contribution in [0.1, 0.15) is 32.0 Å². The molecule has 0 N–H and O–H groups in total. The van der Waals surface area contributed by atoms with E-state index in [2.05, 4.69) is 11.6 Å². The molecule has 0 aliphatic carbocycles. The van der Waals surface area contributed by atoms with Crippen molar-refractivity contribution in [2.45, 2.75) is 20.8 Å². The number of hydrogen-bond donors (Lipinski definition) is 0. The van der Waals surface area contributed by atoms with Gasteiger partial charge in [0.25, 0.3) is 0 Å². The number of nitrogens with zero attached hydrogens (tertiary/aromatic N) is 1. The van der Waals surface area contributed by atoms with Crippen LogP contribution in [0.5, 0.6) is 17.2 Å². The molecule has 0 saturated heterocycles. The van der Waals surface area contributed by atoms with Crippen molar-refractivity contribution < 1.29 is 28.6 Å². The van der Waals surface area contributed by atoms with Gasteiger partial charge >= 0.3 is 17.9 Å². The normalized spacial score (nSPS) is 10.4. The maximum atomic E-state index is 11.4. The molecule has 0 unspecified atom stereocenters. The fourth-order valence-electron chi connectivity index (χ4n) is 2.84. The molecule has 0 amide bonds. The summed E-state index contributed by atoms with van der Waals surface area (Å²) >= 11 is 0. The molecule has 0 fully saturated rings. The number of pyridine rings is 1. The Morgan fingerprint density at radius 1 is 0.767 bits per heavy atom. The van der Waals surface area contributed by atoms with Crippen LogP contribution in [-0.4, -0.2) is 22.9 Å². The first kappa shape index (κ1) is 20.7. The molecule has 152 valence electrons. The third kappa shape index (κ3) is 4.70. The predicted octanol–water partition coefficient (Wildman–Crippen LogP) is 4.07. The Morgan fingerprint density at radius 3 is 2.07 bits per heavy atom. The van der Waals surface area contributed by atoms with E-state index < -0.39 is 17.9 Å². The molecular weight excluding hydrogens is 386 g/mol. The van der Waals surface area contributed by atoms with Gasteiger partial charge in [-0.3, -0.25) is 14.4 Å². The zero-order chi connectivity index (χ0) is 21.8. The van der Waals surface area contributed by atoms with Crippen LogP contribution in [0.15, 0.2) is 55.1 Å². The van der Waals surface area contributed by atoms with Crippen LogP contribution in [0.25, 0.3) is 16.5 Å². The van der Waals surface area contributed by atoms with E-state index in [-0.39, 0.29) is 11.5 Å². The van der Waals surface area contributed by atoms with E-state index in [1.807, 2.05) is 12.1 Å². The highest BCUT2D eigenvalue weighted by Gasteiger charge is 2.15. The van der Waals surface area contributed by atoms with E-state index in [1.54, 1.807) is 30.3 Å². The summed E-state index contributed by atoms with van der Waals surface area (Å²) in [5, 5.41) is 0.802. The molecule has 2 aromatic carbocycles. The molecule has 0 spiro atoms. The van der Waals surface area contributed by atoms with Crippen LogP contribution in [-0.2, 0) is 14.4 Å². The van der Waals surface area contributed by atoms with Gasteiger partial charge in [-0.2, -0.15) is 0 Å². The molecule has 1 heterocycles. The number of aromatic nitrogens is 1. The third-order valence-electron chi connectivity index (χ3n) is 4.05. The number of carbonyl (C=O) groups excluding carboxylic acids is 3. The van der Waals surface area contributed by atoms with Gasteiger partial charge < -0.3 is 14.2 Å². The molecule has 7 nitrogen and oxygen atoms in total. The summed E-state index contributed by atoms with van der Waals surface area (Å²) in [5.74, 6) is -0.970. The van der Waals surface area contributed by atoms with Crippen LogP contribution < -0.4 is 14.2 Å². The van der Waals surface area contributed by atoms with Crippen molar-refractivity contribution in [3.8, 4) is 17.2 Å². The van der Waals surface area contributed by atoms with E-state index in [4.69, 9.17) is 14.2 Å². The molecule has 0 radical (unpaired) electrons. The topological polar surface area (TPSA) is 91.8 Å². The van der Waals surface area contributed by atoms with Crippen LogP contribution in [0.3, 0.4) is 0 Å². The standard InChI is InChI=1S/C23H19NO6/c1-13(18-9-11-20(28-14(2)25)22(12-18)30-16(4)27)19-10-8-17-6-5-7-21(23(17)24-19)29-15(3)26/h5-12H,1H2,2-4H3. The summed E-state index contributed by atoms with van der Waals surface area (Å²) in [6.07, 6.45) is 0. The van der Waals surface area contributed by atoms with Crippen LogP contribution >= 0.6 is 0 Å². The smallest absolute Gasteiger partial charge is 0.308 e. The minimum absolute atomic E-state index is 0.0951. The van der Waals surface area contributed by atoms with Gasteiger partial charge in [-0.15, -0.1) is 0 Å². The summed E-state index contributed by atoms with van der Waals surface area (Å²) < 4.78 is 15.5. The maximum absolute atomic E-state index is 11.4. The first-order valence-electron chi connectivity index (χ1n) is 9.03. The number of hydrogen-bond acceptors (Lipinski definition) is 7. The van der Waals surface area contributed by atoms with E-state index in [0.717, 1.165) is 5.39 Å². The molecule has 0 aliphatic rings. The highest BCUT2D eigenvalue weighted by atomic mass is 16.6. The van der Waals surface area contributed by atoms with Crippen molar-refractivity contribution in [2.24, 2.45) is 0 Å². The lowest BCUT2D eigenvalue weighted by atomic mass is 10.0. The fourth-order valence-corrected chi connectivity index (χ4v) is 2.84. The Bertz CT molecular complexity index is 1180. The quantitative estimate of drug-likeness (QED) is 0.467. The molecule has 3 aromatic rings. The minimum atomic E-state index is -0.555. The lowest BCUT2D eigenvalue weighted by molar-refractivity contribution is -0.134. The number of para-hydroxylation sites is 1. The van der Waals surface area contributed by atoms with E-state index in [1.165, 1.54) is 26.8 Å². The van der Waals surface area contributed by atoms with Gasteiger partial charge in [0, 0.05) is 31.7 Å². The second kappa shape index (κ2) is 8.57. The number of carbonyl (C=O) groups is 3. The van der Waals surface area contributed by atoms with Gasteiger partial charge in [0.15, 0.2) is 17.2 Å². The zero-order valence-electron chi connectivity index (χ0n) is 16.7. The molecule has 7 heteroatoms. The molecular formula is C23H19NO6. The molecule has 1 aromatic heterocycles. The van der Waals surface area contributed by atoms with Gasteiger partial charge in [-0.25, -0.2) is 4.98 Å². The van der Waals surface area contributed by atoms with Crippen molar-refractivity contribution in [3.05, 3.63) is 66.4 Å². The molecule has 0 atom stereocenters. The Kier molecular flexibility index (Phi) is 5.92. The SMILES string of the molecule is C=C(c1ccc(OC(C)=O)c(OC(C)=O)c1)c1ccc2cccc(OC(C)=O)c2n1. The lowest BCUT2D eigenvalue weighted by Crippen LogP contribution is -2.07. The highest BCUT2D eigenvalue weighted by Crippen LogP contribution is 2.33. The van der Waals surface area contributed by atoms with Gasteiger partial charge in [-0.1, -0.05) is 30.8 Å². The van der Waals surface area contributed by atoms with E-state index in [0.29, 0.717) is 28.1 Å². The number of benzene rings is 2. The Morgan fingerprint density at radius 2 is 1.40 bits per heavy atom. The first-order valence-corrected chi connectivity index (χ1v) is 9.03. The first-order chi connectivity index (χ1) is 14.2. The maximum Gasteiger partial charge on any atom is 0.308 e. The second-order valence-electron chi connectivity index (χ2n) is 6.45. The van der Waals surface area contributed by atoms with Crippen molar-refractivity contribution in [1.82, 2.24) is 4.98 Å². The Labute approximate surface area is 172 Å². The van der Waals surface area contributed by atoms with Gasteiger partial charge in [0.1, 0.15) is 5.52 Å². The van der Waals surface area contributed by atoms with Gasteiger partial charge in [0.05, 0.1) is 5.69 Å². The van der Waals surface area contributed by atoms with Crippen molar-refractivity contribution in [2.75, 3.05) is 0 Å². The van der Waals surface area contributed by atoms with Crippen LogP contribution in [0, 0.1) is 0 Å². The number of fused-ring (bicyclic) bond motifs is 1. The minimum Gasteiger partial charge on any atom is -0.424 e. The predicted molar refractivity (Wildman–Crippen MR) is 110 cm³/mol. The third-order valence-corrected chi connectivity index (χ3v) is 4.05. The summed E-state index contributed by atoms with van der Waals surface area (Å²) in [6.45, 7) is 7.91. The lowest BCUT2D eigenvalue weighted by Gasteiger charge is -2.13. The highest BCUT2D eigenvalue weighted by molar-refractivity contribution is 5.89. The van der Waals surface area contributed by atoms with E-state index >= 15 is 0 Å². The van der Waals surface area contributed by atoms with E-state index in [9.17, 15) is 14.4 Å². The number of esters is 3. The van der Waals surface area contributed by atoms with Crippen LogP contribution in [0.2, 0.25) is 0 Å². The summed E-state index contributed by atoms with van der Waals surface area (Å²) in [6, 6.07) is 13.7. The summed E-state index contributed by atoms with van der Waals surface area (Å²) in [5.41, 5.74) is 2.20. The monoisotopic (exact) mass is 405 g/mol. The Hall–Kier alpha value is -4.00. The zero-order valence-corrected chi connectivity index (χ0v) is 16.7. The summed E-state index contributed by atoms with van der Waals surface area (Å²) in [7, 11) is 0. The van der Waals surface area contributed by atoms with Gasteiger partial charge in [-0.05, 0) is 29.8 Å². The molecule has 30 heavy (non-hydrogen) atoms. The largest absolute Gasteiger partial charge is 0.424 e. The summed E-state index contributed by atoms with van der Waals surface area (Å²) in [4.78, 5) is 38.7. The molecule has 0 bridgehead atoms. The molecule has 3 rings (SSSR count). The van der Waals surface area contributed by atoms with Crippen molar-refractivity contribution in [3.63, 3.8) is 0 Å². The van der Waals surface area contributed by atoms with Crippen molar-refractivity contribution >= 4 is 34.4 Å². The van der Waals surface area contributed by atoms with Crippen LogP contribution in [0.4, 0.5) is 0 Å². The molecule has 0 aliphatic heterocycles. The number of rotatable bonds is 5. The van der Waals surface area contributed by atoms with Gasteiger partial charge in [0.2, 0.25) is 0 Å². The number of ether oxygens (including phenoxy) is 3.